The highest BCUT2D eigenvalue weighted by Gasteiger charge is 2.08. The Morgan fingerprint density at radius 3 is 2.75 bits per heavy atom. The van der Waals surface area contributed by atoms with Gasteiger partial charge in [0.15, 0.2) is 0 Å². The minimum atomic E-state index is -0.806. The number of nitrogens with one attached hydrogen (secondary N) is 1. The Balaban J connectivity index is 1.91. The minimum Gasteiger partial charge on any atom is -0.508 e. The molecule has 20 heavy (non-hydrogen) atoms. The molecular weight excluding hydrogens is 274 g/mol. The van der Waals surface area contributed by atoms with Crippen molar-refractivity contribution >= 4 is 17.3 Å². The number of hydrogen-bond acceptors (Lipinski definition) is 4. The van der Waals surface area contributed by atoms with Crippen LogP contribution in [0.2, 0.25) is 0 Å². The number of carboxylic acids is 1. The molecule has 3 N–H and O–H groups in total. The smallest absolute Gasteiger partial charge is 0.308 e. The summed E-state index contributed by atoms with van der Waals surface area (Å²) in [5.41, 5.74) is 1.02. The van der Waals surface area contributed by atoms with E-state index in [0.29, 0.717) is 6.54 Å². The number of carbonyl (C=O) groups is 1. The lowest BCUT2D eigenvalue weighted by atomic mass is 10.1. The van der Waals surface area contributed by atoms with Gasteiger partial charge in [-0.25, -0.2) is 0 Å². The van der Waals surface area contributed by atoms with E-state index in [1.54, 1.807) is 12.1 Å². The number of benzene rings is 1. The molecule has 1 unspecified atom stereocenters. The van der Waals surface area contributed by atoms with Gasteiger partial charge in [0.05, 0.1) is 6.42 Å². The van der Waals surface area contributed by atoms with Crippen LogP contribution in [0.1, 0.15) is 28.3 Å². The van der Waals surface area contributed by atoms with Gasteiger partial charge in [-0.15, -0.1) is 11.3 Å². The number of aromatic hydroxyl groups is 1. The van der Waals surface area contributed by atoms with Crippen LogP contribution in [0.15, 0.2) is 36.4 Å². The second-order valence-electron chi connectivity index (χ2n) is 4.64. The molecule has 0 aliphatic rings. The summed E-state index contributed by atoms with van der Waals surface area (Å²) >= 11 is 1.51. The second-order valence-corrected chi connectivity index (χ2v) is 5.89. The number of aliphatic carboxylic acids is 1. The van der Waals surface area contributed by atoms with Crippen molar-refractivity contribution in [2.45, 2.75) is 25.9 Å². The fourth-order valence-electron chi connectivity index (χ4n) is 1.93. The maximum atomic E-state index is 10.6. The Morgan fingerprint density at radius 2 is 2.05 bits per heavy atom. The van der Waals surface area contributed by atoms with E-state index in [1.165, 1.54) is 11.3 Å². The van der Waals surface area contributed by atoms with Crippen LogP contribution >= 0.6 is 11.3 Å². The Morgan fingerprint density at radius 1 is 1.30 bits per heavy atom. The zero-order chi connectivity index (χ0) is 14.5. The van der Waals surface area contributed by atoms with Gasteiger partial charge in [-0.1, -0.05) is 12.1 Å². The normalized spacial score (nSPS) is 12.2. The topological polar surface area (TPSA) is 69.6 Å². The van der Waals surface area contributed by atoms with E-state index in [2.05, 4.69) is 5.32 Å². The van der Waals surface area contributed by atoms with Crippen molar-refractivity contribution in [1.29, 1.82) is 0 Å². The van der Waals surface area contributed by atoms with Crippen LogP contribution in [0.3, 0.4) is 0 Å². The van der Waals surface area contributed by atoms with Crippen LogP contribution in [-0.4, -0.2) is 16.2 Å². The van der Waals surface area contributed by atoms with E-state index in [4.69, 9.17) is 5.11 Å². The fraction of sp³-hybridized carbons (Fsp3) is 0.267. The Labute approximate surface area is 121 Å². The quantitative estimate of drug-likeness (QED) is 0.765. The molecule has 0 amide bonds. The summed E-state index contributed by atoms with van der Waals surface area (Å²) in [5.74, 6) is -0.546. The molecule has 1 aromatic carbocycles. The summed E-state index contributed by atoms with van der Waals surface area (Å²) in [6.07, 6.45) is 0.0762. The van der Waals surface area contributed by atoms with Gasteiger partial charge in [-0.2, -0.15) is 0 Å². The maximum Gasteiger partial charge on any atom is 0.308 e. The van der Waals surface area contributed by atoms with Gasteiger partial charge in [0, 0.05) is 22.3 Å². The van der Waals surface area contributed by atoms with Gasteiger partial charge in [0.1, 0.15) is 5.75 Å². The Bertz CT molecular complexity index is 594. The molecule has 0 spiro atoms. The highest BCUT2D eigenvalue weighted by Crippen LogP contribution is 2.20. The average molecular weight is 291 g/mol. The van der Waals surface area contributed by atoms with Crippen molar-refractivity contribution < 1.29 is 15.0 Å². The van der Waals surface area contributed by atoms with Crippen molar-refractivity contribution in [3.05, 3.63) is 51.7 Å². The molecule has 106 valence electrons. The lowest BCUT2D eigenvalue weighted by Crippen LogP contribution is -2.17. The molecular formula is C15H17NO3S. The first kappa shape index (κ1) is 14.6. The molecule has 2 aromatic rings. The molecule has 0 aliphatic carbocycles. The molecule has 1 heterocycles. The highest BCUT2D eigenvalue weighted by atomic mass is 32.1. The van der Waals surface area contributed by atoms with Gasteiger partial charge in [0.2, 0.25) is 0 Å². The lowest BCUT2D eigenvalue weighted by Gasteiger charge is -2.13. The number of carboxylic acid groups (broad SMARTS) is 1. The van der Waals surface area contributed by atoms with Crippen molar-refractivity contribution in [2.24, 2.45) is 0 Å². The molecule has 1 atom stereocenters. The van der Waals surface area contributed by atoms with Gasteiger partial charge < -0.3 is 15.5 Å². The zero-order valence-corrected chi connectivity index (χ0v) is 12.0. The SMILES string of the molecule is CC(NCc1ccc(CC(=O)O)s1)c1cccc(O)c1. The largest absolute Gasteiger partial charge is 0.508 e. The van der Waals surface area contributed by atoms with Crippen LogP contribution in [0.4, 0.5) is 0 Å². The molecule has 2 rings (SSSR count). The van der Waals surface area contributed by atoms with E-state index in [9.17, 15) is 9.90 Å². The predicted octanol–water partition coefficient (Wildman–Crippen LogP) is 2.93. The van der Waals surface area contributed by atoms with Crippen molar-refractivity contribution in [3.63, 3.8) is 0 Å². The summed E-state index contributed by atoms with van der Waals surface area (Å²) in [5, 5.41) is 21.6. The zero-order valence-electron chi connectivity index (χ0n) is 11.2. The van der Waals surface area contributed by atoms with Gasteiger partial charge in [-0.3, -0.25) is 4.79 Å². The molecule has 1 aromatic heterocycles. The molecule has 0 aliphatic heterocycles. The number of phenols is 1. The highest BCUT2D eigenvalue weighted by molar-refractivity contribution is 7.12. The van der Waals surface area contributed by atoms with Crippen LogP contribution in [0.5, 0.6) is 5.75 Å². The molecule has 5 heteroatoms. The maximum absolute atomic E-state index is 10.6. The van der Waals surface area contributed by atoms with E-state index in [0.717, 1.165) is 15.3 Å². The van der Waals surface area contributed by atoms with Crippen molar-refractivity contribution in [2.75, 3.05) is 0 Å². The van der Waals surface area contributed by atoms with Crippen LogP contribution < -0.4 is 5.32 Å². The third-order valence-electron chi connectivity index (χ3n) is 3.00. The van der Waals surface area contributed by atoms with Crippen LogP contribution in [-0.2, 0) is 17.8 Å². The molecule has 0 fully saturated rings. The van der Waals surface area contributed by atoms with Crippen molar-refractivity contribution in [1.82, 2.24) is 5.32 Å². The third kappa shape index (κ3) is 4.08. The fourth-order valence-corrected chi connectivity index (χ4v) is 2.89. The van der Waals surface area contributed by atoms with E-state index in [1.807, 2.05) is 31.2 Å². The minimum absolute atomic E-state index is 0.0762. The first-order chi connectivity index (χ1) is 9.54. The van der Waals surface area contributed by atoms with Gasteiger partial charge in [0.25, 0.3) is 0 Å². The Hall–Kier alpha value is -1.85. The number of hydrogen-bond donors (Lipinski definition) is 3. The molecule has 0 saturated heterocycles. The molecule has 4 nitrogen and oxygen atoms in total. The van der Waals surface area contributed by atoms with Crippen molar-refractivity contribution in [3.8, 4) is 5.75 Å². The predicted molar refractivity (Wildman–Crippen MR) is 79.0 cm³/mol. The standard InChI is InChI=1S/C15H17NO3S/c1-10(11-3-2-4-12(17)7-11)16-9-14-6-5-13(20-14)8-15(18)19/h2-7,10,16-17H,8-9H2,1H3,(H,18,19). The summed E-state index contributed by atoms with van der Waals surface area (Å²) < 4.78 is 0. The summed E-state index contributed by atoms with van der Waals surface area (Å²) in [6, 6.07) is 11.1. The molecule has 0 saturated carbocycles. The first-order valence-corrected chi connectivity index (χ1v) is 7.18. The number of rotatable bonds is 6. The Kier molecular flexibility index (Phi) is 4.76. The summed E-state index contributed by atoms with van der Waals surface area (Å²) in [4.78, 5) is 12.6. The number of thiophene rings is 1. The second kappa shape index (κ2) is 6.54. The monoisotopic (exact) mass is 291 g/mol. The van der Waals surface area contributed by atoms with E-state index < -0.39 is 5.97 Å². The molecule has 0 radical (unpaired) electrons. The van der Waals surface area contributed by atoms with Gasteiger partial charge in [-0.05, 0) is 36.8 Å². The molecule has 0 bridgehead atoms. The van der Waals surface area contributed by atoms with Crippen LogP contribution in [0, 0.1) is 0 Å². The third-order valence-corrected chi connectivity index (χ3v) is 4.08. The van der Waals surface area contributed by atoms with E-state index in [-0.39, 0.29) is 18.2 Å². The first-order valence-electron chi connectivity index (χ1n) is 6.36. The summed E-state index contributed by atoms with van der Waals surface area (Å²) in [7, 11) is 0. The van der Waals surface area contributed by atoms with Crippen LogP contribution in [0.25, 0.3) is 0 Å². The van der Waals surface area contributed by atoms with E-state index >= 15 is 0 Å². The van der Waals surface area contributed by atoms with Gasteiger partial charge >= 0.3 is 5.97 Å². The summed E-state index contributed by atoms with van der Waals surface area (Å²) in [6.45, 7) is 2.71. The number of phenolic OH excluding ortho intramolecular Hbond substituents is 1. The average Bonchev–Trinajstić information content (AvgIpc) is 2.82. The lowest BCUT2D eigenvalue weighted by molar-refractivity contribution is -0.136.